The van der Waals surface area contributed by atoms with E-state index in [1.54, 1.807) is 12.1 Å². The Bertz CT molecular complexity index is 420. The van der Waals surface area contributed by atoms with Crippen molar-refractivity contribution >= 4 is 11.9 Å². The summed E-state index contributed by atoms with van der Waals surface area (Å²) >= 11 is 0. The van der Waals surface area contributed by atoms with E-state index in [9.17, 15) is 9.59 Å². The fourth-order valence-corrected chi connectivity index (χ4v) is 1.78. The van der Waals surface area contributed by atoms with Gasteiger partial charge >= 0.3 is 5.97 Å². The van der Waals surface area contributed by atoms with Gasteiger partial charge in [0.15, 0.2) is 0 Å². The molecule has 0 fully saturated rings. The summed E-state index contributed by atoms with van der Waals surface area (Å²) < 4.78 is 0. The van der Waals surface area contributed by atoms with Gasteiger partial charge in [-0.25, -0.2) is 0 Å². The van der Waals surface area contributed by atoms with Gasteiger partial charge in [0.2, 0.25) is 5.91 Å². The maximum Gasteiger partial charge on any atom is 0.303 e. The first-order chi connectivity index (χ1) is 9.00. The van der Waals surface area contributed by atoms with Crippen LogP contribution in [0.2, 0.25) is 0 Å². The summed E-state index contributed by atoms with van der Waals surface area (Å²) in [6.45, 7) is 1.84. The van der Waals surface area contributed by atoms with Gasteiger partial charge in [-0.1, -0.05) is 30.3 Å². The highest BCUT2D eigenvalue weighted by Gasteiger charge is 2.17. The average Bonchev–Trinajstić information content (AvgIpc) is 2.38. The van der Waals surface area contributed by atoms with Crippen molar-refractivity contribution in [1.29, 1.82) is 0 Å². The molecular formula is C14H20N2O3. The molecule has 2 atom stereocenters. The average molecular weight is 264 g/mol. The first kappa shape index (κ1) is 15.2. The van der Waals surface area contributed by atoms with Crippen LogP contribution in [0.25, 0.3) is 0 Å². The minimum atomic E-state index is -0.820. The van der Waals surface area contributed by atoms with Crippen molar-refractivity contribution in [3.63, 3.8) is 0 Å². The van der Waals surface area contributed by atoms with Crippen LogP contribution in [0.5, 0.6) is 0 Å². The molecule has 1 amide bonds. The summed E-state index contributed by atoms with van der Waals surface area (Å²) in [5.74, 6) is -1.06. The quantitative estimate of drug-likeness (QED) is 0.695. The summed E-state index contributed by atoms with van der Waals surface area (Å²) in [6, 6.07) is 8.36. The van der Waals surface area contributed by atoms with Crippen LogP contribution < -0.4 is 11.1 Å². The van der Waals surface area contributed by atoms with E-state index < -0.39 is 12.0 Å². The van der Waals surface area contributed by atoms with E-state index >= 15 is 0 Å². The summed E-state index contributed by atoms with van der Waals surface area (Å²) in [4.78, 5) is 22.3. The van der Waals surface area contributed by atoms with Crippen molar-refractivity contribution in [2.75, 3.05) is 0 Å². The minimum Gasteiger partial charge on any atom is -0.481 e. The molecule has 0 saturated carbocycles. The molecule has 0 aromatic heterocycles. The number of amides is 1. The zero-order valence-electron chi connectivity index (χ0n) is 11.0. The van der Waals surface area contributed by atoms with Crippen molar-refractivity contribution in [3.8, 4) is 0 Å². The lowest BCUT2D eigenvalue weighted by atomic mass is 10.1. The van der Waals surface area contributed by atoms with Crippen molar-refractivity contribution < 1.29 is 14.7 Å². The molecule has 104 valence electrons. The molecule has 0 radical (unpaired) electrons. The smallest absolute Gasteiger partial charge is 0.303 e. The van der Waals surface area contributed by atoms with E-state index in [-0.39, 0.29) is 18.4 Å². The van der Waals surface area contributed by atoms with Gasteiger partial charge in [0.25, 0.3) is 0 Å². The van der Waals surface area contributed by atoms with Crippen LogP contribution in [-0.4, -0.2) is 23.0 Å². The molecule has 0 aliphatic carbocycles. The molecule has 0 heterocycles. The van der Waals surface area contributed by atoms with E-state index in [2.05, 4.69) is 5.32 Å². The van der Waals surface area contributed by atoms with Gasteiger partial charge in [0.05, 0.1) is 0 Å². The maximum absolute atomic E-state index is 11.9. The number of nitrogens with two attached hydrogens (primary N) is 1. The normalized spacial score (nSPS) is 13.6. The zero-order valence-corrected chi connectivity index (χ0v) is 11.0. The Balaban J connectivity index is 2.39. The van der Waals surface area contributed by atoms with Crippen molar-refractivity contribution in [3.05, 3.63) is 35.9 Å². The van der Waals surface area contributed by atoms with Crippen LogP contribution in [0.1, 0.15) is 37.8 Å². The maximum atomic E-state index is 11.9. The third-order valence-electron chi connectivity index (χ3n) is 2.86. The largest absolute Gasteiger partial charge is 0.481 e. The predicted molar refractivity (Wildman–Crippen MR) is 72.5 cm³/mol. The number of carboxylic acids is 1. The monoisotopic (exact) mass is 264 g/mol. The molecule has 0 aliphatic rings. The summed E-state index contributed by atoms with van der Waals surface area (Å²) in [7, 11) is 0. The first-order valence-corrected chi connectivity index (χ1v) is 6.33. The fraction of sp³-hybridized carbons (Fsp3) is 0.429. The Morgan fingerprint density at radius 1 is 1.32 bits per heavy atom. The van der Waals surface area contributed by atoms with Gasteiger partial charge in [-0.05, 0) is 25.3 Å². The summed E-state index contributed by atoms with van der Waals surface area (Å²) in [5.41, 5.74) is 6.62. The number of carbonyl (C=O) groups is 2. The molecule has 0 spiro atoms. The van der Waals surface area contributed by atoms with Crippen molar-refractivity contribution in [2.24, 2.45) is 5.73 Å². The van der Waals surface area contributed by atoms with Crippen LogP contribution >= 0.6 is 0 Å². The van der Waals surface area contributed by atoms with Gasteiger partial charge in [-0.15, -0.1) is 0 Å². The number of hydrogen-bond donors (Lipinski definition) is 3. The Morgan fingerprint density at radius 3 is 2.53 bits per heavy atom. The third-order valence-corrected chi connectivity index (χ3v) is 2.86. The molecule has 19 heavy (non-hydrogen) atoms. The number of benzene rings is 1. The van der Waals surface area contributed by atoms with Gasteiger partial charge in [-0.3, -0.25) is 9.59 Å². The fourth-order valence-electron chi connectivity index (χ4n) is 1.78. The topological polar surface area (TPSA) is 92.4 Å². The number of carboxylic acid groups (broad SMARTS) is 1. The molecule has 0 saturated heterocycles. The number of carbonyl (C=O) groups excluding carboxylic acids is 1. The van der Waals surface area contributed by atoms with Crippen LogP contribution in [-0.2, 0) is 9.59 Å². The number of aliphatic carboxylic acids is 1. The molecule has 5 heteroatoms. The molecular weight excluding hydrogens is 244 g/mol. The predicted octanol–water partition coefficient (Wildman–Crippen LogP) is 1.45. The van der Waals surface area contributed by atoms with Gasteiger partial charge in [-0.2, -0.15) is 0 Å². The van der Waals surface area contributed by atoms with E-state index in [4.69, 9.17) is 10.8 Å². The van der Waals surface area contributed by atoms with Crippen molar-refractivity contribution in [2.45, 2.75) is 38.3 Å². The Morgan fingerprint density at radius 2 is 1.95 bits per heavy atom. The Kier molecular flexibility index (Phi) is 6.02. The third kappa shape index (κ3) is 5.52. The second kappa shape index (κ2) is 7.53. The number of hydrogen-bond acceptors (Lipinski definition) is 3. The Hall–Kier alpha value is -1.88. The first-order valence-electron chi connectivity index (χ1n) is 6.33. The molecule has 1 aromatic carbocycles. The highest BCUT2D eigenvalue weighted by molar-refractivity contribution is 5.83. The summed E-state index contributed by atoms with van der Waals surface area (Å²) in [5, 5.41) is 11.3. The van der Waals surface area contributed by atoms with Crippen LogP contribution in [0.4, 0.5) is 0 Å². The number of nitrogens with one attached hydrogen (secondary N) is 1. The minimum absolute atomic E-state index is 0.0818. The number of rotatable bonds is 7. The molecule has 0 bridgehead atoms. The van der Waals surface area contributed by atoms with Crippen LogP contribution in [0.15, 0.2) is 30.3 Å². The van der Waals surface area contributed by atoms with Crippen molar-refractivity contribution in [1.82, 2.24) is 5.32 Å². The van der Waals surface area contributed by atoms with Gasteiger partial charge in [0.1, 0.15) is 6.04 Å². The summed E-state index contributed by atoms with van der Waals surface area (Å²) in [6.07, 6.45) is 1.28. The van der Waals surface area contributed by atoms with E-state index in [0.29, 0.717) is 12.8 Å². The highest BCUT2D eigenvalue weighted by Crippen LogP contribution is 2.10. The van der Waals surface area contributed by atoms with E-state index in [0.717, 1.165) is 5.56 Å². The molecule has 5 nitrogen and oxygen atoms in total. The molecule has 1 rings (SSSR count). The molecule has 1 unspecified atom stereocenters. The molecule has 4 N–H and O–H groups in total. The lowest BCUT2D eigenvalue weighted by Gasteiger charge is -2.17. The lowest BCUT2D eigenvalue weighted by Crippen LogP contribution is -2.39. The van der Waals surface area contributed by atoms with E-state index in [1.165, 1.54) is 0 Å². The zero-order chi connectivity index (χ0) is 14.3. The lowest BCUT2D eigenvalue weighted by molar-refractivity contribution is -0.137. The second-order valence-electron chi connectivity index (χ2n) is 4.58. The standard InChI is InChI=1S/C14H20N2O3/c1-10(6-5-9-12(17)18)16-14(19)13(15)11-7-3-2-4-8-11/h2-4,7-8,10,13H,5-6,9,15H2,1H3,(H,16,19)(H,17,18)/t10?,13-/m1/s1. The molecule has 1 aromatic rings. The van der Waals surface area contributed by atoms with Crippen LogP contribution in [0.3, 0.4) is 0 Å². The molecule has 0 aliphatic heterocycles. The Labute approximate surface area is 112 Å². The van der Waals surface area contributed by atoms with Crippen LogP contribution in [0, 0.1) is 0 Å². The second-order valence-corrected chi connectivity index (χ2v) is 4.58. The SMILES string of the molecule is CC(CCCC(=O)O)NC(=O)[C@H](N)c1ccccc1. The van der Waals surface area contributed by atoms with Gasteiger partial charge < -0.3 is 16.2 Å². The highest BCUT2D eigenvalue weighted by atomic mass is 16.4. The van der Waals surface area contributed by atoms with Gasteiger partial charge in [0, 0.05) is 12.5 Å². The van der Waals surface area contributed by atoms with E-state index in [1.807, 2.05) is 25.1 Å².